The number of carbonyl (C=O) groups is 6. The lowest BCUT2D eigenvalue weighted by Crippen LogP contribution is -2.42. The van der Waals surface area contributed by atoms with Crippen molar-refractivity contribution >= 4 is 35.3 Å². The van der Waals surface area contributed by atoms with Crippen LogP contribution in [0.5, 0.6) is 0 Å². The van der Waals surface area contributed by atoms with Gasteiger partial charge in [0.25, 0.3) is 0 Å². The zero-order valence-electron chi connectivity index (χ0n) is 15.5. The molecule has 0 amide bonds. The third-order valence-electron chi connectivity index (χ3n) is 3.63. The summed E-state index contributed by atoms with van der Waals surface area (Å²) in [5.41, 5.74) is -1.59. The average molecular weight is 388 g/mol. The molecule has 0 heterocycles. The number of carbonyl (C=O) groups excluding carboxylic acids is 5. The van der Waals surface area contributed by atoms with E-state index in [-0.39, 0.29) is 0 Å². The Bertz CT molecular complexity index is 561. The molecule has 10 nitrogen and oxygen atoms in total. The third kappa shape index (κ3) is 9.59. The molecule has 0 fully saturated rings. The normalized spacial score (nSPS) is 12.0. The van der Waals surface area contributed by atoms with Gasteiger partial charge < -0.3 is 19.7 Å². The molecule has 152 valence electrons. The molecule has 2 N–H and O–H groups in total. The van der Waals surface area contributed by atoms with E-state index >= 15 is 0 Å². The predicted molar refractivity (Wildman–Crippen MR) is 88.5 cm³/mol. The van der Waals surface area contributed by atoms with Crippen LogP contribution in [-0.2, 0) is 38.2 Å². The number of ether oxygens (including phenoxy) is 2. The number of hydrogen-bond acceptors (Lipinski definition) is 9. The van der Waals surface area contributed by atoms with E-state index in [1.165, 1.54) is 13.8 Å². The number of hydrogen-bond donors (Lipinski definition) is 2. The second-order valence-corrected chi connectivity index (χ2v) is 6.44. The van der Waals surface area contributed by atoms with Crippen LogP contribution in [0.4, 0.5) is 0 Å². The number of aliphatic carboxylic acids is 1. The van der Waals surface area contributed by atoms with Crippen molar-refractivity contribution in [3.63, 3.8) is 0 Å². The number of carboxylic acids is 1. The molecule has 0 aliphatic heterocycles. The lowest BCUT2D eigenvalue weighted by molar-refractivity contribution is -0.159. The highest BCUT2D eigenvalue weighted by Gasteiger charge is 2.40. The molecule has 0 aromatic rings. The van der Waals surface area contributed by atoms with E-state index < -0.39 is 85.7 Å². The number of carboxylic acid groups (broad SMARTS) is 1. The van der Waals surface area contributed by atoms with Crippen molar-refractivity contribution in [2.75, 3.05) is 19.8 Å². The minimum absolute atomic E-state index is 0.463. The first-order chi connectivity index (χ1) is 12.4. The first kappa shape index (κ1) is 24.4. The zero-order chi connectivity index (χ0) is 21.2. The Morgan fingerprint density at radius 3 is 1.52 bits per heavy atom. The van der Waals surface area contributed by atoms with E-state index in [9.17, 15) is 39.0 Å². The fourth-order valence-corrected chi connectivity index (χ4v) is 2.13. The Kier molecular flexibility index (Phi) is 10.1. The van der Waals surface area contributed by atoms with Crippen LogP contribution in [0.25, 0.3) is 0 Å². The van der Waals surface area contributed by atoms with E-state index in [0.717, 1.165) is 6.92 Å². The highest BCUT2D eigenvalue weighted by atomic mass is 16.5. The second-order valence-electron chi connectivity index (χ2n) is 6.44. The van der Waals surface area contributed by atoms with Crippen LogP contribution in [0, 0.1) is 11.3 Å². The van der Waals surface area contributed by atoms with Crippen molar-refractivity contribution in [2.45, 2.75) is 40.0 Å². The average Bonchev–Trinajstić information content (AvgIpc) is 2.52. The van der Waals surface area contributed by atoms with Crippen LogP contribution < -0.4 is 0 Å². The van der Waals surface area contributed by atoms with Crippen LogP contribution >= 0.6 is 0 Å². The van der Waals surface area contributed by atoms with Crippen molar-refractivity contribution in [2.24, 2.45) is 11.3 Å². The first-order valence-corrected chi connectivity index (χ1v) is 8.06. The van der Waals surface area contributed by atoms with Gasteiger partial charge in [0.2, 0.25) is 0 Å². The van der Waals surface area contributed by atoms with Crippen molar-refractivity contribution in [3.05, 3.63) is 0 Å². The summed E-state index contributed by atoms with van der Waals surface area (Å²) in [5.74, 6) is -6.44. The van der Waals surface area contributed by atoms with E-state index in [1.54, 1.807) is 0 Å². The second kappa shape index (κ2) is 11.2. The Hall–Kier alpha value is -2.62. The Balaban J connectivity index is 5.39. The highest BCUT2D eigenvalue weighted by molar-refractivity contribution is 5.97. The Labute approximate surface area is 155 Å². The number of aliphatic hydroxyl groups excluding tert-OH is 1. The topological polar surface area (TPSA) is 161 Å². The number of Topliss-reactive ketones (excluding diaryl/α,β-unsaturated/α-hetero) is 3. The van der Waals surface area contributed by atoms with Gasteiger partial charge in [0.1, 0.15) is 49.3 Å². The standard InChI is InChI=1S/C17H24O10/c1-10(19)4-14(22)26-8-17(7-18,6-13(12(3)21)16(24)25)9-27-15(23)5-11(2)20/h13,18H,4-9H2,1-3H3,(H,24,25). The maximum Gasteiger partial charge on any atom is 0.314 e. The van der Waals surface area contributed by atoms with E-state index in [0.29, 0.717) is 0 Å². The lowest BCUT2D eigenvalue weighted by Gasteiger charge is -2.32. The summed E-state index contributed by atoms with van der Waals surface area (Å²) < 4.78 is 9.80. The Morgan fingerprint density at radius 2 is 1.26 bits per heavy atom. The van der Waals surface area contributed by atoms with Gasteiger partial charge in [-0.2, -0.15) is 0 Å². The summed E-state index contributed by atoms with van der Waals surface area (Å²) in [6.07, 6.45) is -1.53. The van der Waals surface area contributed by atoms with Crippen LogP contribution in [0.1, 0.15) is 40.0 Å². The van der Waals surface area contributed by atoms with Gasteiger partial charge >= 0.3 is 17.9 Å². The minimum atomic E-state index is -1.59. The molecular weight excluding hydrogens is 364 g/mol. The summed E-state index contributed by atoms with van der Waals surface area (Å²) in [5, 5.41) is 18.9. The number of aliphatic hydroxyl groups is 1. The van der Waals surface area contributed by atoms with Crippen molar-refractivity contribution in [1.82, 2.24) is 0 Å². The summed E-state index contributed by atoms with van der Waals surface area (Å²) in [4.78, 5) is 68.0. The summed E-state index contributed by atoms with van der Waals surface area (Å²) in [7, 11) is 0. The summed E-state index contributed by atoms with van der Waals surface area (Å²) >= 11 is 0. The SMILES string of the molecule is CC(=O)CC(=O)OCC(CO)(COC(=O)CC(C)=O)CC(C(C)=O)C(=O)O. The van der Waals surface area contributed by atoms with Gasteiger partial charge in [-0.05, 0) is 27.2 Å². The van der Waals surface area contributed by atoms with Crippen molar-refractivity contribution in [1.29, 1.82) is 0 Å². The molecule has 0 aromatic heterocycles. The molecule has 0 bridgehead atoms. The van der Waals surface area contributed by atoms with E-state index in [4.69, 9.17) is 9.47 Å². The molecule has 0 aliphatic carbocycles. The van der Waals surface area contributed by atoms with Crippen molar-refractivity contribution < 1.29 is 48.5 Å². The summed E-state index contributed by atoms with van der Waals surface area (Å²) in [6.45, 7) is 1.44. The van der Waals surface area contributed by atoms with Gasteiger partial charge in [0.05, 0.1) is 12.0 Å². The third-order valence-corrected chi connectivity index (χ3v) is 3.63. The smallest absolute Gasteiger partial charge is 0.314 e. The first-order valence-electron chi connectivity index (χ1n) is 8.06. The van der Waals surface area contributed by atoms with Crippen LogP contribution in [0.15, 0.2) is 0 Å². The van der Waals surface area contributed by atoms with Gasteiger partial charge in [-0.1, -0.05) is 0 Å². The van der Waals surface area contributed by atoms with Gasteiger partial charge in [0, 0.05) is 0 Å². The highest BCUT2D eigenvalue weighted by Crippen LogP contribution is 2.29. The molecule has 0 saturated heterocycles. The van der Waals surface area contributed by atoms with Crippen LogP contribution in [0.3, 0.4) is 0 Å². The monoisotopic (exact) mass is 388 g/mol. The lowest BCUT2D eigenvalue weighted by atomic mass is 9.79. The van der Waals surface area contributed by atoms with E-state index in [1.807, 2.05) is 0 Å². The predicted octanol–water partition coefficient (Wildman–Crippen LogP) is -0.310. The molecule has 0 saturated carbocycles. The minimum Gasteiger partial charge on any atom is -0.481 e. The molecule has 0 aliphatic rings. The molecule has 0 rings (SSSR count). The van der Waals surface area contributed by atoms with Gasteiger partial charge in [-0.3, -0.25) is 28.8 Å². The van der Waals surface area contributed by atoms with E-state index in [2.05, 4.69) is 0 Å². The molecule has 10 heteroatoms. The molecule has 1 unspecified atom stereocenters. The molecular formula is C17H24O10. The van der Waals surface area contributed by atoms with Gasteiger partial charge in [-0.15, -0.1) is 0 Å². The maximum absolute atomic E-state index is 11.6. The van der Waals surface area contributed by atoms with Crippen molar-refractivity contribution in [3.8, 4) is 0 Å². The fraction of sp³-hybridized carbons (Fsp3) is 0.647. The molecule has 0 spiro atoms. The molecule has 1 atom stereocenters. The number of ketones is 3. The van der Waals surface area contributed by atoms with Crippen LogP contribution in [-0.4, -0.2) is 65.3 Å². The van der Waals surface area contributed by atoms with Gasteiger partial charge in [-0.25, -0.2) is 0 Å². The van der Waals surface area contributed by atoms with Gasteiger partial charge in [0.15, 0.2) is 0 Å². The molecule has 0 aromatic carbocycles. The fourth-order valence-electron chi connectivity index (χ4n) is 2.13. The molecule has 27 heavy (non-hydrogen) atoms. The summed E-state index contributed by atoms with van der Waals surface area (Å²) in [6, 6.07) is 0. The largest absolute Gasteiger partial charge is 0.481 e. The number of rotatable bonds is 13. The zero-order valence-corrected chi connectivity index (χ0v) is 15.5. The van der Waals surface area contributed by atoms with Crippen LogP contribution in [0.2, 0.25) is 0 Å². The Morgan fingerprint density at radius 1 is 0.852 bits per heavy atom. The quantitative estimate of drug-likeness (QED) is 0.316. The maximum atomic E-state index is 11.6. The molecule has 0 radical (unpaired) electrons. The number of esters is 2.